The number of aromatic nitrogens is 1. The van der Waals surface area contributed by atoms with E-state index in [1.807, 2.05) is 55.5 Å². The molecule has 0 saturated heterocycles. The number of nitrogens with zero attached hydrogens (tertiary/aromatic N) is 1. The Hall–Kier alpha value is -2.55. The average Bonchev–Trinajstić information content (AvgIpc) is 2.53. The lowest BCUT2D eigenvalue weighted by molar-refractivity contribution is 0.308. The lowest BCUT2D eigenvalue weighted by atomic mass is 10.2. The highest BCUT2D eigenvalue weighted by Crippen LogP contribution is 2.25. The molecule has 3 nitrogen and oxygen atoms in total. The van der Waals surface area contributed by atoms with Crippen molar-refractivity contribution in [3.05, 3.63) is 65.9 Å². The topological polar surface area (TPSA) is 31.4 Å². The van der Waals surface area contributed by atoms with Crippen LogP contribution in [0.1, 0.15) is 11.3 Å². The molecular formula is C18H17NO2. The summed E-state index contributed by atoms with van der Waals surface area (Å²) in [4.78, 5) is 4.57. The van der Waals surface area contributed by atoms with Crippen LogP contribution < -0.4 is 9.47 Å². The summed E-state index contributed by atoms with van der Waals surface area (Å²) in [5.41, 5.74) is 2.96. The molecular weight excluding hydrogens is 262 g/mol. The van der Waals surface area contributed by atoms with Crippen LogP contribution in [0.3, 0.4) is 0 Å². The van der Waals surface area contributed by atoms with Gasteiger partial charge in [-0.3, -0.25) is 0 Å². The lowest BCUT2D eigenvalue weighted by Gasteiger charge is -2.10. The van der Waals surface area contributed by atoms with Gasteiger partial charge < -0.3 is 9.47 Å². The first-order valence-electron chi connectivity index (χ1n) is 6.88. The number of hydrogen-bond acceptors (Lipinski definition) is 3. The van der Waals surface area contributed by atoms with E-state index in [1.165, 1.54) is 0 Å². The summed E-state index contributed by atoms with van der Waals surface area (Å²) in [6, 6.07) is 17.9. The van der Waals surface area contributed by atoms with Gasteiger partial charge >= 0.3 is 0 Å². The number of benzene rings is 2. The van der Waals surface area contributed by atoms with Gasteiger partial charge in [-0.1, -0.05) is 30.3 Å². The van der Waals surface area contributed by atoms with Gasteiger partial charge in [0, 0.05) is 11.1 Å². The van der Waals surface area contributed by atoms with Gasteiger partial charge in [0.15, 0.2) is 0 Å². The molecule has 2 aromatic carbocycles. The zero-order valence-electron chi connectivity index (χ0n) is 12.2. The average molecular weight is 279 g/mol. The normalized spacial score (nSPS) is 10.6. The van der Waals surface area contributed by atoms with Gasteiger partial charge in [0.2, 0.25) is 0 Å². The van der Waals surface area contributed by atoms with Gasteiger partial charge in [-0.05, 0) is 36.8 Å². The van der Waals surface area contributed by atoms with Crippen molar-refractivity contribution >= 4 is 10.9 Å². The smallest absolute Gasteiger partial charge is 0.146 e. The number of para-hydroxylation sites is 1. The number of aryl methyl sites for hydroxylation is 1. The second-order valence-electron chi connectivity index (χ2n) is 4.92. The van der Waals surface area contributed by atoms with E-state index in [2.05, 4.69) is 11.1 Å². The highest BCUT2D eigenvalue weighted by molar-refractivity contribution is 5.84. The Morgan fingerprint density at radius 2 is 1.86 bits per heavy atom. The molecule has 1 aromatic heterocycles. The predicted octanol–water partition coefficient (Wildman–Crippen LogP) is 4.13. The molecule has 3 aromatic rings. The van der Waals surface area contributed by atoms with Crippen molar-refractivity contribution in [2.45, 2.75) is 13.5 Å². The van der Waals surface area contributed by atoms with E-state index in [1.54, 1.807) is 7.11 Å². The van der Waals surface area contributed by atoms with Crippen LogP contribution in [-0.4, -0.2) is 12.1 Å². The molecule has 0 N–H and O–H groups in total. The highest BCUT2D eigenvalue weighted by Gasteiger charge is 2.04. The molecule has 0 amide bonds. The third kappa shape index (κ3) is 2.97. The number of rotatable bonds is 4. The van der Waals surface area contributed by atoms with E-state index in [-0.39, 0.29) is 0 Å². The Kier molecular flexibility index (Phi) is 3.73. The maximum atomic E-state index is 5.94. The Morgan fingerprint density at radius 1 is 1.00 bits per heavy atom. The van der Waals surface area contributed by atoms with Gasteiger partial charge in [-0.15, -0.1) is 0 Å². The summed E-state index contributed by atoms with van der Waals surface area (Å²) < 4.78 is 11.2. The summed E-state index contributed by atoms with van der Waals surface area (Å²) in [5, 5.41) is 1.09. The predicted molar refractivity (Wildman–Crippen MR) is 83.8 cm³/mol. The zero-order chi connectivity index (χ0) is 14.7. The number of methoxy groups -OCH3 is 1. The molecule has 106 valence electrons. The Bertz CT molecular complexity index is 768. The quantitative estimate of drug-likeness (QED) is 0.719. The van der Waals surface area contributed by atoms with Crippen LogP contribution in [0.25, 0.3) is 10.9 Å². The molecule has 0 saturated carbocycles. The third-order valence-corrected chi connectivity index (χ3v) is 3.35. The minimum atomic E-state index is 0.492. The van der Waals surface area contributed by atoms with Gasteiger partial charge in [0.1, 0.15) is 23.6 Å². The first-order valence-corrected chi connectivity index (χ1v) is 6.88. The van der Waals surface area contributed by atoms with Crippen molar-refractivity contribution < 1.29 is 9.47 Å². The van der Waals surface area contributed by atoms with Crippen LogP contribution >= 0.6 is 0 Å². The van der Waals surface area contributed by atoms with E-state index in [0.29, 0.717) is 6.61 Å². The Balaban J connectivity index is 1.86. The SMILES string of the molecule is COc1cccc(COc2cccc3ccc(C)nc23)c1. The minimum absolute atomic E-state index is 0.492. The molecule has 3 rings (SSSR count). The first-order chi connectivity index (χ1) is 10.3. The molecule has 0 bridgehead atoms. The van der Waals surface area contributed by atoms with Crippen LogP contribution in [0.4, 0.5) is 0 Å². The highest BCUT2D eigenvalue weighted by atomic mass is 16.5. The molecule has 0 atom stereocenters. The summed E-state index contributed by atoms with van der Waals surface area (Å²) >= 11 is 0. The molecule has 0 fully saturated rings. The maximum Gasteiger partial charge on any atom is 0.146 e. The maximum absolute atomic E-state index is 5.94. The number of ether oxygens (including phenoxy) is 2. The molecule has 0 aliphatic carbocycles. The summed E-state index contributed by atoms with van der Waals surface area (Å²) in [6.07, 6.45) is 0. The van der Waals surface area contributed by atoms with Crippen molar-refractivity contribution in [1.29, 1.82) is 0 Å². The fourth-order valence-corrected chi connectivity index (χ4v) is 2.26. The molecule has 0 aliphatic rings. The van der Waals surface area contributed by atoms with Crippen molar-refractivity contribution in [3.8, 4) is 11.5 Å². The third-order valence-electron chi connectivity index (χ3n) is 3.35. The molecule has 3 heteroatoms. The van der Waals surface area contributed by atoms with Gasteiger partial charge in [0.05, 0.1) is 7.11 Å². The second kappa shape index (κ2) is 5.83. The number of hydrogen-bond donors (Lipinski definition) is 0. The van der Waals surface area contributed by atoms with Crippen LogP contribution in [-0.2, 0) is 6.61 Å². The van der Waals surface area contributed by atoms with E-state index >= 15 is 0 Å². The van der Waals surface area contributed by atoms with Gasteiger partial charge in [0.25, 0.3) is 0 Å². The largest absolute Gasteiger partial charge is 0.497 e. The summed E-state index contributed by atoms with van der Waals surface area (Å²) in [5.74, 6) is 1.64. The minimum Gasteiger partial charge on any atom is -0.497 e. The summed E-state index contributed by atoms with van der Waals surface area (Å²) in [7, 11) is 1.66. The van der Waals surface area contributed by atoms with Crippen molar-refractivity contribution in [3.63, 3.8) is 0 Å². The standard InChI is InChI=1S/C18H17NO2/c1-13-9-10-15-6-4-8-17(18(15)19-13)21-12-14-5-3-7-16(11-14)20-2/h3-11H,12H2,1-2H3. The first kappa shape index (κ1) is 13.4. The van der Waals surface area contributed by atoms with Crippen LogP contribution in [0.2, 0.25) is 0 Å². The lowest BCUT2D eigenvalue weighted by Crippen LogP contribution is -1.97. The van der Waals surface area contributed by atoms with Crippen LogP contribution in [0, 0.1) is 6.92 Å². The molecule has 0 aliphatic heterocycles. The fourth-order valence-electron chi connectivity index (χ4n) is 2.26. The van der Waals surface area contributed by atoms with Crippen molar-refractivity contribution in [1.82, 2.24) is 4.98 Å². The molecule has 0 unspecified atom stereocenters. The van der Waals surface area contributed by atoms with Gasteiger partial charge in [-0.25, -0.2) is 4.98 Å². The molecule has 21 heavy (non-hydrogen) atoms. The van der Waals surface area contributed by atoms with Crippen molar-refractivity contribution in [2.75, 3.05) is 7.11 Å². The Labute approximate surface area is 124 Å². The molecule has 0 radical (unpaired) electrons. The van der Waals surface area contributed by atoms with E-state index in [4.69, 9.17) is 9.47 Å². The second-order valence-corrected chi connectivity index (χ2v) is 4.92. The Morgan fingerprint density at radius 3 is 2.71 bits per heavy atom. The van der Waals surface area contributed by atoms with Crippen molar-refractivity contribution in [2.24, 2.45) is 0 Å². The number of pyridine rings is 1. The summed E-state index contributed by atoms with van der Waals surface area (Å²) in [6.45, 7) is 2.48. The zero-order valence-corrected chi connectivity index (χ0v) is 12.2. The van der Waals surface area contributed by atoms with E-state index in [9.17, 15) is 0 Å². The van der Waals surface area contributed by atoms with E-state index in [0.717, 1.165) is 33.7 Å². The monoisotopic (exact) mass is 279 g/mol. The molecule has 0 spiro atoms. The van der Waals surface area contributed by atoms with Gasteiger partial charge in [-0.2, -0.15) is 0 Å². The molecule has 1 heterocycles. The fraction of sp³-hybridized carbons (Fsp3) is 0.167. The van der Waals surface area contributed by atoms with Crippen LogP contribution in [0.5, 0.6) is 11.5 Å². The van der Waals surface area contributed by atoms with E-state index < -0.39 is 0 Å². The van der Waals surface area contributed by atoms with Crippen LogP contribution in [0.15, 0.2) is 54.6 Å². The number of fused-ring (bicyclic) bond motifs is 1.